The fourth-order valence-electron chi connectivity index (χ4n) is 3.32. The molecule has 2 aliphatic carbocycles. The third-order valence-electron chi connectivity index (χ3n) is 4.36. The van der Waals surface area contributed by atoms with Gasteiger partial charge in [-0.25, -0.2) is 0 Å². The highest BCUT2D eigenvalue weighted by molar-refractivity contribution is 5.96. The van der Waals surface area contributed by atoms with Gasteiger partial charge in [0, 0.05) is 6.42 Å². The average Bonchev–Trinajstić information content (AvgIpc) is 2.50. The molecule has 0 aromatic rings. The summed E-state index contributed by atoms with van der Waals surface area (Å²) in [5, 5.41) is 0. The van der Waals surface area contributed by atoms with E-state index in [1.807, 2.05) is 0 Å². The summed E-state index contributed by atoms with van der Waals surface area (Å²) < 4.78 is 0. The van der Waals surface area contributed by atoms with E-state index in [0.717, 1.165) is 18.4 Å². The molecule has 1 heteroatoms. The Kier molecular flexibility index (Phi) is 2.13. The maximum Gasteiger partial charge on any atom is 0.158 e. The number of carbonyl (C=O) groups is 1. The van der Waals surface area contributed by atoms with Crippen molar-refractivity contribution in [3.05, 3.63) is 24.8 Å². The van der Waals surface area contributed by atoms with Crippen molar-refractivity contribution in [2.75, 3.05) is 0 Å². The van der Waals surface area contributed by atoms with E-state index in [0.29, 0.717) is 18.3 Å². The number of rotatable bonds is 1. The molecular formula is C13H18O. The molecule has 0 bridgehead atoms. The summed E-state index contributed by atoms with van der Waals surface area (Å²) >= 11 is 0. The van der Waals surface area contributed by atoms with Gasteiger partial charge in [0.05, 0.1) is 0 Å². The number of carbonyl (C=O) groups excluding carboxylic acids is 1. The van der Waals surface area contributed by atoms with E-state index < -0.39 is 0 Å². The van der Waals surface area contributed by atoms with Crippen LogP contribution in [0.4, 0.5) is 0 Å². The van der Waals surface area contributed by atoms with Crippen molar-refractivity contribution in [3.8, 4) is 0 Å². The lowest BCUT2D eigenvalue weighted by atomic mass is 9.63. The first-order valence-corrected chi connectivity index (χ1v) is 5.44. The average molecular weight is 190 g/mol. The molecule has 3 unspecified atom stereocenters. The highest BCUT2D eigenvalue weighted by atomic mass is 16.1. The molecule has 0 heterocycles. The first-order chi connectivity index (χ1) is 6.59. The number of Topliss-reactive ketones (excluding diaryl/α,β-unsaturated/α-hetero) is 1. The van der Waals surface area contributed by atoms with Gasteiger partial charge in [-0.2, -0.15) is 0 Å². The number of hydrogen-bond donors (Lipinski definition) is 0. The Bertz CT molecular complexity index is 302. The minimum atomic E-state index is 0.271. The van der Waals surface area contributed by atoms with Crippen LogP contribution in [0.25, 0.3) is 0 Å². The molecule has 2 rings (SSSR count). The van der Waals surface area contributed by atoms with E-state index in [1.165, 1.54) is 6.42 Å². The normalized spacial score (nSPS) is 42.4. The van der Waals surface area contributed by atoms with Crippen LogP contribution in [0.15, 0.2) is 24.8 Å². The Hall–Kier alpha value is -0.850. The molecule has 0 spiro atoms. The van der Waals surface area contributed by atoms with E-state index in [-0.39, 0.29) is 11.2 Å². The Balaban J connectivity index is 2.32. The van der Waals surface area contributed by atoms with Crippen molar-refractivity contribution in [2.45, 2.75) is 32.6 Å². The summed E-state index contributed by atoms with van der Waals surface area (Å²) in [6, 6.07) is 0. The Morgan fingerprint density at radius 3 is 2.86 bits per heavy atom. The molecule has 0 aliphatic heterocycles. The summed E-state index contributed by atoms with van der Waals surface area (Å²) in [5.41, 5.74) is 1.15. The standard InChI is InChI=1S/C13H18O/c1-4-10-5-6-11-9(2)12(14)7-8-13(10,11)3/h4,10-11H,1-2,5-8H2,3H3. The van der Waals surface area contributed by atoms with Crippen LogP contribution < -0.4 is 0 Å². The smallest absolute Gasteiger partial charge is 0.158 e. The number of allylic oxidation sites excluding steroid dienone is 2. The van der Waals surface area contributed by atoms with E-state index in [4.69, 9.17) is 0 Å². The van der Waals surface area contributed by atoms with Gasteiger partial charge in [0.1, 0.15) is 0 Å². The third kappa shape index (κ3) is 1.11. The molecule has 2 fully saturated rings. The fourth-order valence-corrected chi connectivity index (χ4v) is 3.32. The molecule has 0 amide bonds. The predicted molar refractivity (Wildman–Crippen MR) is 57.9 cm³/mol. The molecule has 1 nitrogen and oxygen atoms in total. The molecule has 0 aromatic carbocycles. The van der Waals surface area contributed by atoms with Gasteiger partial charge < -0.3 is 0 Å². The number of fused-ring (bicyclic) bond motifs is 1. The van der Waals surface area contributed by atoms with Crippen LogP contribution in [0.3, 0.4) is 0 Å². The van der Waals surface area contributed by atoms with Gasteiger partial charge in [0.2, 0.25) is 0 Å². The van der Waals surface area contributed by atoms with Gasteiger partial charge in [-0.15, -0.1) is 6.58 Å². The van der Waals surface area contributed by atoms with Crippen molar-refractivity contribution >= 4 is 5.78 Å². The minimum absolute atomic E-state index is 0.271. The molecule has 3 atom stereocenters. The first-order valence-electron chi connectivity index (χ1n) is 5.44. The van der Waals surface area contributed by atoms with Crippen molar-refractivity contribution < 1.29 is 4.79 Å². The van der Waals surface area contributed by atoms with Gasteiger partial charge >= 0.3 is 0 Å². The van der Waals surface area contributed by atoms with Crippen LogP contribution in [0.2, 0.25) is 0 Å². The molecule has 0 aromatic heterocycles. The fraction of sp³-hybridized carbons (Fsp3) is 0.615. The van der Waals surface area contributed by atoms with Crippen LogP contribution in [-0.2, 0) is 4.79 Å². The highest BCUT2D eigenvalue weighted by Gasteiger charge is 2.49. The van der Waals surface area contributed by atoms with Crippen LogP contribution in [0.1, 0.15) is 32.6 Å². The lowest BCUT2D eigenvalue weighted by Gasteiger charge is -2.40. The maximum absolute atomic E-state index is 11.5. The number of hydrogen-bond acceptors (Lipinski definition) is 1. The Labute approximate surface area is 85.9 Å². The zero-order valence-corrected chi connectivity index (χ0v) is 8.88. The monoisotopic (exact) mass is 190 g/mol. The zero-order chi connectivity index (χ0) is 10.3. The van der Waals surface area contributed by atoms with Crippen LogP contribution >= 0.6 is 0 Å². The van der Waals surface area contributed by atoms with E-state index in [1.54, 1.807) is 0 Å². The lowest BCUT2D eigenvalue weighted by molar-refractivity contribution is -0.119. The molecule has 2 saturated carbocycles. The van der Waals surface area contributed by atoms with Gasteiger partial charge in [-0.3, -0.25) is 4.79 Å². The molecule has 0 N–H and O–H groups in total. The predicted octanol–water partition coefficient (Wildman–Crippen LogP) is 3.12. The van der Waals surface area contributed by atoms with Crippen LogP contribution in [0.5, 0.6) is 0 Å². The Morgan fingerprint density at radius 1 is 1.50 bits per heavy atom. The lowest BCUT2D eigenvalue weighted by Crippen LogP contribution is -2.35. The Morgan fingerprint density at radius 2 is 2.21 bits per heavy atom. The van der Waals surface area contributed by atoms with Crippen LogP contribution in [0, 0.1) is 17.3 Å². The van der Waals surface area contributed by atoms with E-state index >= 15 is 0 Å². The van der Waals surface area contributed by atoms with Gasteiger partial charge in [-0.05, 0) is 42.1 Å². The molecular weight excluding hydrogens is 172 g/mol. The zero-order valence-electron chi connectivity index (χ0n) is 8.88. The van der Waals surface area contributed by atoms with Crippen molar-refractivity contribution in [1.29, 1.82) is 0 Å². The van der Waals surface area contributed by atoms with Crippen molar-refractivity contribution in [1.82, 2.24) is 0 Å². The molecule has 0 radical (unpaired) electrons. The summed E-state index contributed by atoms with van der Waals surface area (Å²) in [4.78, 5) is 11.5. The first kappa shape index (κ1) is 9.70. The third-order valence-corrected chi connectivity index (χ3v) is 4.36. The SMILES string of the molecule is C=CC1CCC2C(=C)C(=O)CCC12C. The maximum atomic E-state index is 11.5. The van der Waals surface area contributed by atoms with E-state index in [9.17, 15) is 4.79 Å². The summed E-state index contributed by atoms with van der Waals surface area (Å²) in [7, 11) is 0. The summed E-state index contributed by atoms with van der Waals surface area (Å²) in [6.45, 7) is 10.2. The van der Waals surface area contributed by atoms with E-state index in [2.05, 4.69) is 26.2 Å². The highest BCUT2D eigenvalue weighted by Crippen LogP contribution is 2.56. The van der Waals surface area contributed by atoms with Crippen molar-refractivity contribution in [2.24, 2.45) is 17.3 Å². The minimum Gasteiger partial charge on any atom is -0.295 e. The second-order valence-electron chi connectivity index (χ2n) is 4.93. The summed E-state index contributed by atoms with van der Waals surface area (Å²) in [6.07, 6.45) is 6.08. The van der Waals surface area contributed by atoms with Gasteiger partial charge in [-0.1, -0.05) is 19.6 Å². The topological polar surface area (TPSA) is 17.1 Å². The van der Waals surface area contributed by atoms with Gasteiger partial charge in [0.15, 0.2) is 5.78 Å². The molecule has 2 aliphatic rings. The molecule has 0 saturated heterocycles. The summed E-state index contributed by atoms with van der Waals surface area (Å²) in [5.74, 6) is 1.29. The largest absolute Gasteiger partial charge is 0.295 e. The van der Waals surface area contributed by atoms with Crippen molar-refractivity contribution in [3.63, 3.8) is 0 Å². The van der Waals surface area contributed by atoms with Crippen LogP contribution in [-0.4, -0.2) is 5.78 Å². The second kappa shape index (κ2) is 3.08. The molecule has 76 valence electrons. The quantitative estimate of drug-likeness (QED) is 0.458. The second-order valence-corrected chi connectivity index (χ2v) is 4.93. The molecule has 14 heavy (non-hydrogen) atoms. The number of ketones is 1. The van der Waals surface area contributed by atoms with Gasteiger partial charge in [0.25, 0.3) is 0 Å².